The molecule has 0 radical (unpaired) electrons. The van der Waals surface area contributed by atoms with Gasteiger partial charge in [0, 0.05) is 12.1 Å². The Hall–Kier alpha value is -2.33. The summed E-state index contributed by atoms with van der Waals surface area (Å²) >= 11 is 1.25. The van der Waals surface area contributed by atoms with Gasteiger partial charge in [-0.05, 0) is 56.8 Å². The van der Waals surface area contributed by atoms with Crippen molar-refractivity contribution in [2.75, 3.05) is 18.6 Å². The maximum absolute atomic E-state index is 13.4. The second kappa shape index (κ2) is 9.13. The summed E-state index contributed by atoms with van der Waals surface area (Å²) in [5.74, 6) is -0.0434. The van der Waals surface area contributed by atoms with Gasteiger partial charge in [-0.3, -0.25) is 14.1 Å². The molecule has 0 spiro atoms. The number of nitrogens with one attached hydrogen (secondary N) is 1. The van der Waals surface area contributed by atoms with Crippen molar-refractivity contribution in [1.29, 1.82) is 0 Å². The average Bonchev–Trinajstić information content (AvgIpc) is 2.80. The van der Waals surface area contributed by atoms with Crippen LogP contribution in [0.2, 0.25) is 0 Å². The molecule has 33 heavy (non-hydrogen) atoms. The van der Waals surface area contributed by atoms with Gasteiger partial charge in [0.1, 0.15) is 6.67 Å². The molecule has 2 aromatic rings. The van der Waals surface area contributed by atoms with Crippen molar-refractivity contribution in [3.05, 3.63) is 41.2 Å². The Kier molecular flexibility index (Phi) is 6.59. The van der Waals surface area contributed by atoms with Crippen molar-refractivity contribution in [2.24, 2.45) is 0 Å². The average molecular weight is 481 g/mol. The first-order chi connectivity index (χ1) is 15.6. The Bertz CT molecular complexity index is 1020. The molecule has 0 bridgehead atoms. The molecule has 1 aliphatic carbocycles. The smallest absolute Gasteiger partial charge is 0.395 e. The fourth-order valence-corrected chi connectivity index (χ4v) is 5.16. The number of hydrogen-bond acceptors (Lipinski definition) is 6. The number of aliphatic hydroxyl groups excluding tert-OH is 1. The van der Waals surface area contributed by atoms with E-state index < -0.39 is 16.5 Å². The molecule has 4 rings (SSSR count). The molecule has 0 atom stereocenters. The number of aliphatic hydroxyl groups is 1. The summed E-state index contributed by atoms with van der Waals surface area (Å²) < 4.78 is 39.9. The van der Waals surface area contributed by atoms with E-state index in [9.17, 15) is 23.1 Å². The van der Waals surface area contributed by atoms with E-state index >= 15 is 0 Å². The van der Waals surface area contributed by atoms with Crippen LogP contribution in [0.25, 0.3) is 11.4 Å². The zero-order valence-electron chi connectivity index (χ0n) is 18.6. The van der Waals surface area contributed by atoms with E-state index in [-0.39, 0.29) is 30.8 Å². The summed E-state index contributed by atoms with van der Waals surface area (Å²) in [6, 6.07) is 3.88. The monoisotopic (exact) mass is 480 g/mol. The van der Waals surface area contributed by atoms with Crippen LogP contribution in [0.5, 0.6) is 0 Å². The standard InChI is InChI=1S/C23H27F3N4O2S/c1-22(2,12-31)33-30-13-28-20-16(21(30)32)10-18(29-19(20)14-6-4-3-5-7-14)17-9-8-15(11-27-17)23(24,25)26/h8-11,14,28,31H,3-7,12-13H2,1-2H3. The number of aromatic nitrogens is 2. The van der Waals surface area contributed by atoms with Crippen LogP contribution in [0.3, 0.4) is 0 Å². The Morgan fingerprint density at radius 2 is 1.91 bits per heavy atom. The third-order valence-electron chi connectivity index (χ3n) is 5.99. The van der Waals surface area contributed by atoms with E-state index in [1.54, 1.807) is 10.4 Å². The van der Waals surface area contributed by atoms with E-state index in [1.165, 1.54) is 18.0 Å². The molecule has 10 heteroatoms. The fraction of sp³-hybridized carbons (Fsp3) is 0.522. The summed E-state index contributed by atoms with van der Waals surface area (Å²) in [4.78, 5) is 22.2. The second-order valence-corrected chi connectivity index (χ2v) is 10.8. The van der Waals surface area contributed by atoms with Crippen molar-refractivity contribution in [3.8, 4) is 11.4 Å². The highest BCUT2D eigenvalue weighted by Crippen LogP contribution is 2.41. The fourth-order valence-electron chi connectivity index (χ4n) is 4.19. The number of halogens is 3. The third-order valence-corrected chi connectivity index (χ3v) is 7.13. The van der Waals surface area contributed by atoms with Crippen LogP contribution in [-0.4, -0.2) is 43.3 Å². The first kappa shape index (κ1) is 23.8. The molecule has 1 amide bonds. The number of fused-ring (bicyclic) bond motifs is 1. The Labute approximate surface area is 195 Å². The van der Waals surface area contributed by atoms with E-state index in [0.29, 0.717) is 16.9 Å². The minimum absolute atomic E-state index is 0.0985. The molecule has 2 aromatic heterocycles. The largest absolute Gasteiger partial charge is 0.417 e. The van der Waals surface area contributed by atoms with Gasteiger partial charge in [0.2, 0.25) is 0 Å². The van der Waals surface area contributed by atoms with Crippen molar-refractivity contribution in [1.82, 2.24) is 14.3 Å². The van der Waals surface area contributed by atoms with Crippen molar-refractivity contribution in [3.63, 3.8) is 0 Å². The minimum Gasteiger partial charge on any atom is -0.395 e. The van der Waals surface area contributed by atoms with Gasteiger partial charge in [0.15, 0.2) is 0 Å². The van der Waals surface area contributed by atoms with E-state index in [2.05, 4.69) is 10.3 Å². The van der Waals surface area contributed by atoms with Crippen molar-refractivity contribution >= 4 is 23.5 Å². The maximum atomic E-state index is 13.4. The topological polar surface area (TPSA) is 78.3 Å². The van der Waals surface area contributed by atoms with E-state index in [1.807, 2.05) is 13.8 Å². The van der Waals surface area contributed by atoms with Gasteiger partial charge in [-0.25, -0.2) is 4.98 Å². The number of amides is 1. The summed E-state index contributed by atoms with van der Waals surface area (Å²) in [7, 11) is 0. The quantitative estimate of drug-likeness (QED) is 0.554. The van der Waals surface area contributed by atoms with Crippen molar-refractivity contribution in [2.45, 2.75) is 62.8 Å². The molecule has 1 saturated carbocycles. The van der Waals surface area contributed by atoms with Crippen LogP contribution >= 0.6 is 11.9 Å². The van der Waals surface area contributed by atoms with Crippen LogP contribution in [0, 0.1) is 0 Å². The van der Waals surface area contributed by atoms with Gasteiger partial charge in [-0.15, -0.1) is 0 Å². The summed E-state index contributed by atoms with van der Waals surface area (Å²) in [5.41, 5.74) is 1.74. The molecule has 2 aliphatic rings. The molecule has 3 heterocycles. The Morgan fingerprint density at radius 3 is 2.52 bits per heavy atom. The first-order valence-electron chi connectivity index (χ1n) is 11.0. The number of nitrogens with zero attached hydrogens (tertiary/aromatic N) is 3. The summed E-state index contributed by atoms with van der Waals surface area (Å²) in [5, 5.41) is 12.9. The van der Waals surface area contributed by atoms with Crippen LogP contribution in [0.15, 0.2) is 24.4 Å². The number of pyridine rings is 2. The molecule has 2 N–H and O–H groups in total. The van der Waals surface area contributed by atoms with Gasteiger partial charge in [-0.1, -0.05) is 19.3 Å². The van der Waals surface area contributed by atoms with Gasteiger partial charge >= 0.3 is 6.18 Å². The number of anilines is 1. The highest BCUT2D eigenvalue weighted by Gasteiger charge is 2.35. The lowest BCUT2D eigenvalue weighted by atomic mass is 9.85. The normalized spacial score (nSPS) is 17.6. The van der Waals surface area contributed by atoms with Gasteiger partial charge in [0.25, 0.3) is 5.91 Å². The molecule has 6 nitrogen and oxygen atoms in total. The molecular formula is C23H27F3N4O2S. The number of carbonyl (C=O) groups excluding carboxylic acids is 1. The van der Waals surface area contributed by atoms with Crippen LogP contribution < -0.4 is 5.32 Å². The lowest BCUT2D eigenvalue weighted by Crippen LogP contribution is -2.40. The zero-order valence-corrected chi connectivity index (χ0v) is 19.4. The summed E-state index contributed by atoms with van der Waals surface area (Å²) in [6.45, 7) is 3.87. The molecule has 0 unspecified atom stereocenters. The SMILES string of the molecule is CC(C)(CO)SN1CNc2c(cc(-c3ccc(C(F)(F)F)cn3)nc2C2CCCCC2)C1=O. The van der Waals surface area contributed by atoms with Crippen LogP contribution in [0.4, 0.5) is 18.9 Å². The molecule has 178 valence electrons. The zero-order chi connectivity index (χ0) is 23.8. The number of hydrogen-bond donors (Lipinski definition) is 2. The molecule has 0 aromatic carbocycles. The first-order valence-corrected chi connectivity index (χ1v) is 11.8. The predicted octanol–water partition coefficient (Wildman–Crippen LogP) is 5.45. The lowest BCUT2D eigenvalue weighted by Gasteiger charge is -2.35. The Balaban J connectivity index is 1.76. The summed E-state index contributed by atoms with van der Waals surface area (Å²) in [6.07, 6.45) is 1.53. The van der Waals surface area contributed by atoms with Gasteiger partial charge in [-0.2, -0.15) is 13.2 Å². The predicted molar refractivity (Wildman–Crippen MR) is 122 cm³/mol. The molecule has 1 aliphatic heterocycles. The minimum atomic E-state index is -4.47. The Morgan fingerprint density at radius 1 is 1.18 bits per heavy atom. The highest BCUT2D eigenvalue weighted by atomic mass is 32.2. The van der Waals surface area contributed by atoms with Gasteiger partial charge in [0.05, 0.1) is 45.2 Å². The number of rotatable bonds is 5. The molecule has 0 saturated heterocycles. The second-order valence-electron chi connectivity index (χ2n) is 9.11. The molecule has 1 fully saturated rings. The number of alkyl halides is 3. The lowest BCUT2D eigenvalue weighted by molar-refractivity contribution is -0.137. The van der Waals surface area contributed by atoms with E-state index in [4.69, 9.17) is 4.98 Å². The third kappa shape index (κ3) is 5.11. The van der Waals surface area contributed by atoms with Gasteiger partial charge < -0.3 is 10.4 Å². The van der Waals surface area contributed by atoms with Crippen LogP contribution in [0.1, 0.15) is 73.5 Å². The van der Waals surface area contributed by atoms with Crippen LogP contribution in [-0.2, 0) is 6.18 Å². The maximum Gasteiger partial charge on any atom is 0.417 e. The number of carbonyl (C=O) groups is 1. The molecular weight excluding hydrogens is 453 g/mol. The van der Waals surface area contributed by atoms with E-state index in [0.717, 1.165) is 50.1 Å². The van der Waals surface area contributed by atoms with Crippen molar-refractivity contribution < 1.29 is 23.1 Å². The highest BCUT2D eigenvalue weighted by molar-refractivity contribution is 7.98.